The molecular formula is C29H30N4O5. The Morgan fingerprint density at radius 1 is 0.921 bits per heavy atom. The Labute approximate surface area is 220 Å². The summed E-state index contributed by atoms with van der Waals surface area (Å²) >= 11 is 0. The van der Waals surface area contributed by atoms with Gasteiger partial charge in [-0.3, -0.25) is 34.3 Å². The maximum Gasteiger partial charge on any atom is 0.270 e. The molecule has 0 spiro atoms. The van der Waals surface area contributed by atoms with E-state index in [1.807, 2.05) is 30.3 Å². The van der Waals surface area contributed by atoms with Crippen molar-refractivity contribution in [2.24, 2.45) is 17.8 Å². The SMILES string of the molecule is CC(C)[C@@H](NC(=O)C[C@H](NC(=O)c1cc2ccccc2cn1)c1ccccc1)C(=O)[C@@H]1C(=O)NC(=O)[C@H]1C. The molecule has 4 rings (SSSR count). The highest BCUT2D eigenvalue weighted by molar-refractivity contribution is 6.16. The number of fused-ring (bicyclic) bond motifs is 1. The van der Waals surface area contributed by atoms with E-state index >= 15 is 0 Å². The Hall–Kier alpha value is -4.40. The normalized spacial score (nSPS) is 18.6. The number of pyridine rings is 1. The van der Waals surface area contributed by atoms with Crippen LogP contribution in [0, 0.1) is 17.8 Å². The second kappa shape index (κ2) is 11.3. The van der Waals surface area contributed by atoms with Crippen molar-refractivity contribution in [3.8, 4) is 0 Å². The molecule has 196 valence electrons. The molecule has 0 saturated carbocycles. The van der Waals surface area contributed by atoms with E-state index in [4.69, 9.17) is 0 Å². The molecular weight excluding hydrogens is 484 g/mol. The van der Waals surface area contributed by atoms with E-state index in [1.54, 1.807) is 50.4 Å². The lowest BCUT2D eigenvalue weighted by Gasteiger charge is -2.26. The van der Waals surface area contributed by atoms with E-state index in [2.05, 4.69) is 20.9 Å². The molecule has 3 N–H and O–H groups in total. The van der Waals surface area contributed by atoms with Crippen molar-refractivity contribution in [1.29, 1.82) is 0 Å². The average molecular weight is 515 g/mol. The topological polar surface area (TPSA) is 134 Å². The molecule has 3 aromatic rings. The maximum absolute atomic E-state index is 13.2. The standard InChI is InChI=1S/C29H30N4O5/c1-16(2)25(26(35)24-17(3)27(36)33-29(24)38)32-23(34)14-21(18-9-5-4-6-10-18)31-28(37)22-13-19-11-7-8-12-20(19)15-30-22/h4-13,15-17,21,24-25H,14H2,1-3H3,(H,31,37)(H,32,34)(H,33,36,38)/t17-,21-,24+,25+/m0/s1. The lowest BCUT2D eigenvalue weighted by atomic mass is 9.85. The van der Waals surface area contributed by atoms with Gasteiger partial charge in [-0.15, -0.1) is 0 Å². The molecule has 2 aromatic carbocycles. The van der Waals surface area contributed by atoms with E-state index < -0.39 is 53.3 Å². The molecule has 9 heteroatoms. The highest BCUT2D eigenvalue weighted by atomic mass is 16.2. The first kappa shape index (κ1) is 26.7. The van der Waals surface area contributed by atoms with Crippen molar-refractivity contribution < 1.29 is 24.0 Å². The minimum atomic E-state index is -1.15. The second-order valence-electron chi connectivity index (χ2n) is 9.87. The van der Waals surface area contributed by atoms with Gasteiger partial charge in [0.15, 0.2) is 5.78 Å². The fraction of sp³-hybridized carbons (Fsp3) is 0.310. The monoisotopic (exact) mass is 514 g/mol. The Kier molecular flexibility index (Phi) is 7.95. The van der Waals surface area contributed by atoms with Crippen molar-refractivity contribution in [3.63, 3.8) is 0 Å². The molecule has 1 aromatic heterocycles. The number of imide groups is 1. The molecule has 9 nitrogen and oxygen atoms in total. The summed E-state index contributed by atoms with van der Waals surface area (Å²) in [6.07, 6.45) is 1.48. The summed E-state index contributed by atoms with van der Waals surface area (Å²) in [5.74, 6) is -4.86. The molecule has 1 fully saturated rings. The van der Waals surface area contributed by atoms with Crippen LogP contribution in [0.1, 0.15) is 49.3 Å². The van der Waals surface area contributed by atoms with Crippen LogP contribution in [0.3, 0.4) is 0 Å². The minimum Gasteiger partial charge on any atom is -0.346 e. The predicted molar refractivity (Wildman–Crippen MR) is 141 cm³/mol. The summed E-state index contributed by atoms with van der Waals surface area (Å²) < 4.78 is 0. The number of nitrogens with one attached hydrogen (secondary N) is 3. The highest BCUT2D eigenvalue weighted by Gasteiger charge is 2.46. The fourth-order valence-corrected chi connectivity index (χ4v) is 4.62. The van der Waals surface area contributed by atoms with Gasteiger partial charge in [0, 0.05) is 11.6 Å². The van der Waals surface area contributed by atoms with Gasteiger partial charge in [0.1, 0.15) is 11.6 Å². The Morgan fingerprint density at radius 2 is 1.58 bits per heavy atom. The zero-order chi connectivity index (χ0) is 27.4. The van der Waals surface area contributed by atoms with Crippen molar-refractivity contribution in [3.05, 3.63) is 78.1 Å². The average Bonchev–Trinajstić information content (AvgIpc) is 3.17. The third-order valence-corrected chi connectivity index (χ3v) is 6.80. The molecule has 2 heterocycles. The summed E-state index contributed by atoms with van der Waals surface area (Å²) in [5.41, 5.74) is 0.921. The van der Waals surface area contributed by atoms with E-state index in [0.717, 1.165) is 10.8 Å². The molecule has 4 amide bonds. The van der Waals surface area contributed by atoms with Crippen molar-refractivity contribution in [1.82, 2.24) is 20.9 Å². The number of aromatic nitrogens is 1. The van der Waals surface area contributed by atoms with Crippen LogP contribution in [0.15, 0.2) is 66.9 Å². The third-order valence-electron chi connectivity index (χ3n) is 6.80. The lowest BCUT2D eigenvalue weighted by Crippen LogP contribution is -2.49. The van der Waals surface area contributed by atoms with Crippen LogP contribution in [0.25, 0.3) is 10.8 Å². The molecule has 1 saturated heterocycles. The van der Waals surface area contributed by atoms with Gasteiger partial charge < -0.3 is 10.6 Å². The number of carbonyl (C=O) groups excluding carboxylic acids is 5. The number of benzene rings is 2. The summed E-state index contributed by atoms with van der Waals surface area (Å²) in [4.78, 5) is 67.9. The van der Waals surface area contributed by atoms with Crippen LogP contribution in [0.5, 0.6) is 0 Å². The molecule has 1 aliphatic rings. The largest absolute Gasteiger partial charge is 0.346 e. The van der Waals surface area contributed by atoms with E-state index in [-0.39, 0.29) is 18.0 Å². The first-order valence-electron chi connectivity index (χ1n) is 12.5. The number of carbonyl (C=O) groups is 5. The van der Waals surface area contributed by atoms with Crippen LogP contribution in [-0.4, -0.2) is 40.4 Å². The zero-order valence-corrected chi connectivity index (χ0v) is 21.4. The van der Waals surface area contributed by atoms with Crippen molar-refractivity contribution in [2.75, 3.05) is 0 Å². The van der Waals surface area contributed by atoms with Crippen LogP contribution in [-0.2, 0) is 19.2 Å². The quantitative estimate of drug-likeness (QED) is 0.297. The van der Waals surface area contributed by atoms with Gasteiger partial charge >= 0.3 is 0 Å². The predicted octanol–water partition coefficient (Wildman–Crippen LogP) is 2.71. The van der Waals surface area contributed by atoms with Gasteiger partial charge in [0.2, 0.25) is 17.7 Å². The van der Waals surface area contributed by atoms with Gasteiger partial charge in [-0.05, 0) is 22.9 Å². The summed E-state index contributed by atoms with van der Waals surface area (Å²) in [6, 6.07) is 16.6. The molecule has 0 radical (unpaired) electrons. The third kappa shape index (κ3) is 5.77. The summed E-state index contributed by atoms with van der Waals surface area (Å²) in [7, 11) is 0. The van der Waals surface area contributed by atoms with E-state index in [0.29, 0.717) is 5.56 Å². The number of hydrogen-bond donors (Lipinski definition) is 3. The van der Waals surface area contributed by atoms with Crippen LogP contribution < -0.4 is 16.0 Å². The van der Waals surface area contributed by atoms with Gasteiger partial charge in [-0.1, -0.05) is 75.4 Å². The molecule has 0 unspecified atom stereocenters. The smallest absolute Gasteiger partial charge is 0.270 e. The van der Waals surface area contributed by atoms with Crippen LogP contribution in [0.2, 0.25) is 0 Å². The fourth-order valence-electron chi connectivity index (χ4n) is 4.62. The first-order chi connectivity index (χ1) is 18.2. The molecule has 0 aliphatic carbocycles. The number of Topliss-reactive ketones (excluding diaryl/α,β-unsaturated/α-hetero) is 1. The Morgan fingerprint density at radius 3 is 2.21 bits per heavy atom. The van der Waals surface area contributed by atoms with Gasteiger partial charge in [0.05, 0.1) is 24.4 Å². The maximum atomic E-state index is 13.2. The van der Waals surface area contributed by atoms with E-state index in [9.17, 15) is 24.0 Å². The second-order valence-corrected chi connectivity index (χ2v) is 9.87. The van der Waals surface area contributed by atoms with Crippen LogP contribution >= 0.6 is 0 Å². The Bertz CT molecular complexity index is 1390. The highest BCUT2D eigenvalue weighted by Crippen LogP contribution is 2.24. The van der Waals surface area contributed by atoms with Crippen molar-refractivity contribution in [2.45, 2.75) is 39.3 Å². The number of ketones is 1. The number of nitrogens with zero attached hydrogens (tertiary/aromatic N) is 1. The first-order valence-corrected chi connectivity index (χ1v) is 12.5. The van der Waals surface area contributed by atoms with Crippen molar-refractivity contribution >= 4 is 40.2 Å². The van der Waals surface area contributed by atoms with Gasteiger partial charge in [0.25, 0.3) is 5.91 Å². The number of amides is 4. The molecule has 38 heavy (non-hydrogen) atoms. The summed E-state index contributed by atoms with van der Waals surface area (Å²) in [5, 5.41) is 9.58. The number of hydrogen-bond acceptors (Lipinski definition) is 6. The minimum absolute atomic E-state index is 0.148. The molecule has 1 aliphatic heterocycles. The van der Waals surface area contributed by atoms with Crippen LogP contribution in [0.4, 0.5) is 0 Å². The van der Waals surface area contributed by atoms with Gasteiger partial charge in [-0.25, -0.2) is 0 Å². The van der Waals surface area contributed by atoms with Gasteiger partial charge in [-0.2, -0.15) is 0 Å². The molecule has 0 bridgehead atoms. The molecule has 4 atom stereocenters. The zero-order valence-electron chi connectivity index (χ0n) is 21.4. The lowest BCUT2D eigenvalue weighted by molar-refractivity contribution is -0.137. The summed E-state index contributed by atoms with van der Waals surface area (Å²) in [6.45, 7) is 5.03. The number of rotatable bonds is 9. The van der Waals surface area contributed by atoms with E-state index in [1.165, 1.54) is 6.92 Å². The Balaban J connectivity index is 1.51.